The highest BCUT2D eigenvalue weighted by Crippen LogP contribution is 2.47. The second-order valence-electron chi connectivity index (χ2n) is 20.8. The zero-order chi connectivity index (χ0) is 47.8. The van der Waals surface area contributed by atoms with E-state index >= 15 is 4.39 Å². The number of hydrogen-bond acceptors (Lipinski definition) is 13. The molecular weight excluding hydrogens is 892 g/mol. The maximum Gasteiger partial charge on any atom is 0.319 e. The van der Waals surface area contributed by atoms with Gasteiger partial charge in [0.15, 0.2) is 5.82 Å². The Hall–Kier alpha value is -6.46. The molecule has 5 aromatic rings. The highest BCUT2D eigenvalue weighted by atomic mass is 19.1. The number of ether oxygens (including phenoxy) is 1. The van der Waals surface area contributed by atoms with Crippen molar-refractivity contribution in [3.8, 4) is 23.0 Å². The van der Waals surface area contributed by atoms with E-state index in [4.69, 9.17) is 19.7 Å². The number of halogens is 1. The van der Waals surface area contributed by atoms with E-state index in [1.165, 1.54) is 0 Å². The van der Waals surface area contributed by atoms with Crippen molar-refractivity contribution in [1.29, 1.82) is 0 Å². The third kappa shape index (κ3) is 8.23. The molecule has 6 aliphatic heterocycles. The number of pyridine rings is 1. The fourth-order valence-corrected chi connectivity index (χ4v) is 12.2. The van der Waals surface area contributed by atoms with Crippen LogP contribution in [-0.4, -0.2) is 142 Å². The number of phenols is 1. The molecule has 6 fully saturated rings. The highest BCUT2D eigenvalue weighted by Gasteiger charge is 2.46. The van der Waals surface area contributed by atoms with E-state index in [2.05, 4.69) is 32.3 Å². The topological polar surface area (TPSA) is 177 Å². The SMILES string of the molecule is CCc1cccc2cc(O)cc(-c3ncc4c(N5CC6CCC(C5)N6)nc(OCC5(CN6CCC(C(=O)N7CCN(c8ccc9c(c8)CN([C@H]8CCC(=O)NC8=O)C9=O)CC7)CC6)CC5)nc4c3F)c12. The summed E-state index contributed by atoms with van der Waals surface area (Å²) in [6.45, 7) is 9.42. The number of phenolic OH excluding ortho intramolecular Hbond substituents is 1. The lowest BCUT2D eigenvalue weighted by Gasteiger charge is -2.40. The zero-order valence-electron chi connectivity index (χ0n) is 39.6. The Bertz CT molecular complexity index is 2940. The summed E-state index contributed by atoms with van der Waals surface area (Å²) in [7, 11) is 0. The molecular formula is C53H59FN10O6. The average Bonchev–Trinajstić information content (AvgIpc) is 3.95. The third-order valence-corrected chi connectivity index (χ3v) is 16.3. The number of hydrogen-bond donors (Lipinski definition) is 3. The molecule has 8 heterocycles. The first-order valence-corrected chi connectivity index (χ1v) is 25.3. The minimum Gasteiger partial charge on any atom is -0.508 e. The maximum absolute atomic E-state index is 17.2. The van der Waals surface area contributed by atoms with Gasteiger partial charge in [-0.1, -0.05) is 25.1 Å². The molecule has 70 heavy (non-hydrogen) atoms. The second kappa shape index (κ2) is 17.7. The van der Waals surface area contributed by atoms with Gasteiger partial charge in [0.05, 0.1) is 12.0 Å². The lowest BCUT2D eigenvalue weighted by Crippen LogP contribution is -2.52. The molecule has 2 bridgehead atoms. The van der Waals surface area contributed by atoms with Gasteiger partial charge in [0.1, 0.15) is 28.8 Å². The fraction of sp³-hybridized carbons (Fsp3) is 0.491. The molecule has 0 spiro atoms. The molecule has 1 aliphatic carbocycles. The number of imide groups is 1. The van der Waals surface area contributed by atoms with Crippen LogP contribution < -0.4 is 25.2 Å². The number of aromatic nitrogens is 3. The van der Waals surface area contributed by atoms with Crippen molar-refractivity contribution < 1.29 is 33.4 Å². The molecule has 2 aromatic heterocycles. The molecule has 2 unspecified atom stereocenters. The molecule has 4 amide bonds. The summed E-state index contributed by atoms with van der Waals surface area (Å²) in [5, 5.41) is 19.0. The Kier molecular flexibility index (Phi) is 11.3. The first kappa shape index (κ1) is 44.7. The average molecular weight is 951 g/mol. The number of piperidine rings is 2. The summed E-state index contributed by atoms with van der Waals surface area (Å²) in [6, 6.07) is 15.2. The molecule has 1 saturated carbocycles. The molecule has 16 nitrogen and oxygen atoms in total. The lowest BCUT2D eigenvalue weighted by atomic mass is 9.94. The first-order chi connectivity index (χ1) is 34.0. The molecule has 12 rings (SSSR count). The number of anilines is 2. The monoisotopic (exact) mass is 950 g/mol. The summed E-state index contributed by atoms with van der Waals surface area (Å²) in [5.41, 5.74) is 4.23. The van der Waals surface area contributed by atoms with Crippen molar-refractivity contribution in [1.82, 2.24) is 40.3 Å². The summed E-state index contributed by atoms with van der Waals surface area (Å²) < 4.78 is 23.7. The molecule has 3 atom stereocenters. The van der Waals surface area contributed by atoms with Crippen LogP contribution in [-0.2, 0) is 27.3 Å². The summed E-state index contributed by atoms with van der Waals surface area (Å²) >= 11 is 0. The van der Waals surface area contributed by atoms with Crippen LogP contribution in [0.4, 0.5) is 15.9 Å². The Labute approximate surface area is 405 Å². The molecule has 3 N–H and O–H groups in total. The third-order valence-electron chi connectivity index (χ3n) is 16.3. The first-order valence-electron chi connectivity index (χ1n) is 25.3. The van der Waals surface area contributed by atoms with Gasteiger partial charge in [-0.2, -0.15) is 9.97 Å². The van der Waals surface area contributed by atoms with E-state index in [1.54, 1.807) is 23.2 Å². The van der Waals surface area contributed by atoms with Gasteiger partial charge in [0.25, 0.3) is 5.91 Å². The standard InChI is InChI=1S/C53H59FN10O6/c1-2-31-4-3-5-33-23-38(65)24-40(44(31)33)46-45(54)47-41(25-55-46)48(63-27-35-6-7-36(28-63)56-35)59-52(58-47)70-30-53(14-15-53)29-60-16-12-32(13-17-60)50(68)62-20-18-61(19-21-62)37-8-9-39-34(22-37)26-64(51(39)69)42-10-11-43(66)57-49(42)67/h3-5,8-9,22-25,32,35-36,42,56,65H,2,6-7,10-21,26-30H2,1H3,(H,57,66,67)/t35?,36?,42-/m0/s1. The number of aromatic hydroxyl groups is 1. The molecule has 364 valence electrons. The van der Waals surface area contributed by atoms with E-state index in [-0.39, 0.29) is 58.4 Å². The van der Waals surface area contributed by atoms with Crippen molar-refractivity contribution in [2.24, 2.45) is 11.3 Å². The number of nitrogens with zero attached hydrogens (tertiary/aromatic N) is 8. The van der Waals surface area contributed by atoms with Crippen LogP contribution in [0, 0.1) is 17.2 Å². The smallest absolute Gasteiger partial charge is 0.319 e. The highest BCUT2D eigenvalue weighted by molar-refractivity contribution is 6.06. The molecule has 3 aromatic carbocycles. The largest absolute Gasteiger partial charge is 0.508 e. The van der Waals surface area contributed by atoms with Crippen molar-refractivity contribution in [3.63, 3.8) is 0 Å². The van der Waals surface area contributed by atoms with Gasteiger partial charge >= 0.3 is 6.01 Å². The Morgan fingerprint density at radius 1 is 0.900 bits per heavy atom. The molecule has 17 heteroatoms. The number of carbonyl (C=O) groups is 4. The van der Waals surface area contributed by atoms with E-state index in [0.29, 0.717) is 80.2 Å². The molecule has 5 saturated heterocycles. The van der Waals surface area contributed by atoms with Crippen molar-refractivity contribution in [3.05, 3.63) is 77.2 Å². The molecule has 7 aliphatic rings. The lowest BCUT2D eigenvalue weighted by molar-refractivity contribution is -0.138. The van der Waals surface area contributed by atoms with Gasteiger partial charge in [-0.3, -0.25) is 29.5 Å². The number of nitrogens with one attached hydrogen (secondary N) is 2. The van der Waals surface area contributed by atoms with Crippen LogP contribution in [0.3, 0.4) is 0 Å². The molecule has 0 radical (unpaired) electrons. The van der Waals surface area contributed by atoms with Crippen molar-refractivity contribution in [2.75, 3.05) is 75.3 Å². The van der Waals surface area contributed by atoms with E-state index in [0.717, 1.165) is 105 Å². The van der Waals surface area contributed by atoms with Gasteiger partial charge in [0, 0.05) is 105 Å². The van der Waals surface area contributed by atoms with Crippen LogP contribution in [0.2, 0.25) is 0 Å². The number of fused-ring (bicyclic) bond motifs is 5. The van der Waals surface area contributed by atoms with Crippen molar-refractivity contribution >= 4 is 56.8 Å². The van der Waals surface area contributed by atoms with Gasteiger partial charge in [0.2, 0.25) is 17.7 Å². The number of benzene rings is 3. The Balaban J connectivity index is 0.687. The van der Waals surface area contributed by atoms with Gasteiger partial charge < -0.3 is 39.7 Å². The van der Waals surface area contributed by atoms with Crippen LogP contribution >= 0.6 is 0 Å². The number of likely N-dealkylation sites (tertiary alicyclic amines) is 1. The predicted octanol–water partition coefficient (Wildman–Crippen LogP) is 5.17. The summed E-state index contributed by atoms with van der Waals surface area (Å²) in [4.78, 5) is 76.4. The Morgan fingerprint density at radius 3 is 2.43 bits per heavy atom. The zero-order valence-corrected chi connectivity index (χ0v) is 39.6. The van der Waals surface area contributed by atoms with Crippen LogP contribution in [0.1, 0.15) is 79.8 Å². The van der Waals surface area contributed by atoms with E-state index in [1.807, 2.05) is 41.3 Å². The fourth-order valence-electron chi connectivity index (χ4n) is 12.2. The quantitative estimate of drug-likeness (QED) is 0.148. The predicted molar refractivity (Wildman–Crippen MR) is 261 cm³/mol. The van der Waals surface area contributed by atoms with E-state index in [9.17, 15) is 24.3 Å². The summed E-state index contributed by atoms with van der Waals surface area (Å²) in [5.74, 6) is -0.603. The van der Waals surface area contributed by atoms with Gasteiger partial charge in [-0.05, 0) is 117 Å². The number of amides is 4. The van der Waals surface area contributed by atoms with E-state index < -0.39 is 17.8 Å². The minimum atomic E-state index is -0.647. The number of piperazine rings is 2. The summed E-state index contributed by atoms with van der Waals surface area (Å²) in [6.07, 6.45) is 8.73. The maximum atomic E-state index is 17.2. The van der Waals surface area contributed by atoms with Crippen molar-refractivity contribution in [2.45, 2.75) is 89.4 Å². The van der Waals surface area contributed by atoms with Gasteiger partial charge in [-0.25, -0.2) is 4.39 Å². The number of aryl methyl sites for hydroxylation is 1. The number of carbonyl (C=O) groups excluding carboxylic acids is 4. The Morgan fingerprint density at radius 2 is 1.69 bits per heavy atom. The van der Waals surface area contributed by atoms with Gasteiger partial charge in [-0.15, -0.1) is 0 Å². The van der Waals surface area contributed by atoms with Crippen LogP contribution in [0.25, 0.3) is 32.9 Å². The minimum absolute atomic E-state index is 0.0243. The second-order valence-corrected chi connectivity index (χ2v) is 20.8. The normalized spacial score (nSPS) is 23.6. The van der Waals surface area contributed by atoms with Crippen LogP contribution in [0.15, 0.2) is 54.7 Å². The number of rotatable bonds is 11. The van der Waals surface area contributed by atoms with Crippen LogP contribution in [0.5, 0.6) is 11.8 Å².